The van der Waals surface area contributed by atoms with Crippen LogP contribution in [0.15, 0.2) is 35.2 Å². The van der Waals surface area contributed by atoms with E-state index in [4.69, 9.17) is 0 Å². The molecule has 0 atom stereocenters. The molecule has 1 amide bonds. The lowest BCUT2D eigenvalue weighted by Crippen LogP contribution is -2.24. The minimum Gasteiger partial charge on any atom is -0.362 e. The quantitative estimate of drug-likeness (QED) is 0.888. The van der Waals surface area contributed by atoms with Crippen LogP contribution in [0, 0.1) is 0 Å². The van der Waals surface area contributed by atoms with Gasteiger partial charge in [-0.05, 0) is 34.9 Å². The molecule has 2 heterocycles. The SMILES string of the molecule is CN(C)c1ncccc1CNC(=O)CCc1ccsc1. The van der Waals surface area contributed by atoms with Crippen molar-refractivity contribution >= 4 is 23.1 Å². The van der Waals surface area contributed by atoms with Crippen LogP contribution < -0.4 is 10.2 Å². The van der Waals surface area contributed by atoms with Crippen LogP contribution in [0.5, 0.6) is 0 Å². The predicted octanol–water partition coefficient (Wildman–Crippen LogP) is 2.46. The van der Waals surface area contributed by atoms with Crippen molar-refractivity contribution in [3.63, 3.8) is 0 Å². The fraction of sp³-hybridized carbons (Fsp3) is 0.333. The third kappa shape index (κ3) is 4.06. The van der Waals surface area contributed by atoms with E-state index in [1.54, 1.807) is 17.5 Å². The lowest BCUT2D eigenvalue weighted by molar-refractivity contribution is -0.121. The van der Waals surface area contributed by atoms with E-state index in [-0.39, 0.29) is 5.91 Å². The van der Waals surface area contributed by atoms with Crippen molar-refractivity contribution in [1.29, 1.82) is 0 Å². The van der Waals surface area contributed by atoms with Crippen LogP contribution in [0.25, 0.3) is 0 Å². The van der Waals surface area contributed by atoms with Crippen LogP contribution in [-0.4, -0.2) is 25.0 Å². The number of thiophene rings is 1. The number of nitrogens with zero attached hydrogens (tertiary/aromatic N) is 2. The molecule has 0 fully saturated rings. The van der Waals surface area contributed by atoms with Crippen molar-refractivity contribution in [3.8, 4) is 0 Å². The van der Waals surface area contributed by atoms with Gasteiger partial charge in [0, 0.05) is 38.8 Å². The van der Waals surface area contributed by atoms with Crippen molar-refractivity contribution in [2.75, 3.05) is 19.0 Å². The van der Waals surface area contributed by atoms with Gasteiger partial charge in [-0.1, -0.05) is 6.07 Å². The predicted molar refractivity (Wildman–Crippen MR) is 83.1 cm³/mol. The summed E-state index contributed by atoms with van der Waals surface area (Å²) in [7, 11) is 3.90. The summed E-state index contributed by atoms with van der Waals surface area (Å²) in [6.07, 6.45) is 3.08. The first kappa shape index (κ1) is 14.5. The zero-order chi connectivity index (χ0) is 14.4. The number of carbonyl (C=O) groups excluding carboxylic acids is 1. The van der Waals surface area contributed by atoms with Crippen molar-refractivity contribution in [1.82, 2.24) is 10.3 Å². The highest BCUT2D eigenvalue weighted by Crippen LogP contribution is 2.14. The molecule has 0 aliphatic heterocycles. The average molecular weight is 289 g/mol. The van der Waals surface area contributed by atoms with E-state index < -0.39 is 0 Å². The summed E-state index contributed by atoms with van der Waals surface area (Å²) in [5.74, 6) is 0.968. The molecular weight excluding hydrogens is 270 g/mol. The molecule has 0 saturated heterocycles. The number of rotatable bonds is 6. The Morgan fingerprint density at radius 3 is 2.95 bits per heavy atom. The normalized spacial score (nSPS) is 10.3. The monoisotopic (exact) mass is 289 g/mol. The maximum absolute atomic E-state index is 11.9. The van der Waals surface area contributed by atoms with Gasteiger partial charge in [0.15, 0.2) is 0 Å². The molecule has 5 heteroatoms. The second-order valence-electron chi connectivity index (χ2n) is 4.79. The van der Waals surface area contributed by atoms with E-state index in [2.05, 4.69) is 21.7 Å². The molecule has 4 nitrogen and oxygen atoms in total. The lowest BCUT2D eigenvalue weighted by atomic mass is 10.2. The van der Waals surface area contributed by atoms with Gasteiger partial charge >= 0.3 is 0 Å². The van der Waals surface area contributed by atoms with Gasteiger partial charge in [0.25, 0.3) is 0 Å². The first-order valence-electron chi connectivity index (χ1n) is 6.56. The van der Waals surface area contributed by atoms with E-state index in [1.807, 2.05) is 36.5 Å². The van der Waals surface area contributed by atoms with Crippen LogP contribution in [0.4, 0.5) is 5.82 Å². The number of nitrogens with one attached hydrogen (secondary N) is 1. The van der Waals surface area contributed by atoms with E-state index in [1.165, 1.54) is 5.56 Å². The lowest BCUT2D eigenvalue weighted by Gasteiger charge is -2.16. The second kappa shape index (κ2) is 7.05. The van der Waals surface area contributed by atoms with Gasteiger partial charge in [0.1, 0.15) is 5.82 Å². The summed E-state index contributed by atoms with van der Waals surface area (Å²) in [6.45, 7) is 0.518. The molecule has 0 bridgehead atoms. The Bertz CT molecular complexity index is 552. The third-order valence-corrected chi connectivity index (χ3v) is 3.72. The topological polar surface area (TPSA) is 45.2 Å². The molecule has 0 unspecified atom stereocenters. The van der Waals surface area contributed by atoms with Crippen molar-refractivity contribution in [2.24, 2.45) is 0 Å². The summed E-state index contributed by atoms with van der Waals surface area (Å²) in [4.78, 5) is 18.1. The molecule has 106 valence electrons. The zero-order valence-corrected chi connectivity index (χ0v) is 12.6. The molecular formula is C15H19N3OS. The second-order valence-corrected chi connectivity index (χ2v) is 5.57. The summed E-state index contributed by atoms with van der Waals surface area (Å²) in [5.41, 5.74) is 2.25. The maximum atomic E-state index is 11.9. The highest BCUT2D eigenvalue weighted by Gasteiger charge is 2.07. The summed E-state index contributed by atoms with van der Waals surface area (Å²) < 4.78 is 0. The largest absolute Gasteiger partial charge is 0.362 e. The highest BCUT2D eigenvalue weighted by molar-refractivity contribution is 7.07. The fourth-order valence-corrected chi connectivity index (χ4v) is 2.65. The number of pyridine rings is 1. The summed E-state index contributed by atoms with van der Waals surface area (Å²) in [5, 5.41) is 7.07. The van der Waals surface area contributed by atoms with Gasteiger partial charge in [0.05, 0.1) is 0 Å². The number of anilines is 1. The Kier molecular flexibility index (Phi) is 5.12. The van der Waals surface area contributed by atoms with Crippen molar-refractivity contribution < 1.29 is 4.79 Å². The van der Waals surface area contributed by atoms with Gasteiger partial charge in [0.2, 0.25) is 5.91 Å². The number of aryl methyl sites for hydroxylation is 1. The number of hydrogen-bond acceptors (Lipinski definition) is 4. The Labute approximate surface area is 123 Å². The first-order chi connectivity index (χ1) is 9.66. The van der Waals surface area contributed by atoms with Gasteiger partial charge in [-0.2, -0.15) is 11.3 Å². The Morgan fingerprint density at radius 2 is 2.25 bits per heavy atom. The summed E-state index contributed by atoms with van der Waals surface area (Å²) >= 11 is 1.66. The summed E-state index contributed by atoms with van der Waals surface area (Å²) in [6, 6.07) is 5.94. The van der Waals surface area contributed by atoms with Crippen LogP contribution in [0.2, 0.25) is 0 Å². The van der Waals surface area contributed by atoms with Gasteiger partial charge in [-0.25, -0.2) is 4.98 Å². The molecule has 0 radical (unpaired) electrons. The Hall–Kier alpha value is -1.88. The number of carbonyl (C=O) groups is 1. The molecule has 0 aromatic carbocycles. The van der Waals surface area contributed by atoms with Crippen molar-refractivity contribution in [3.05, 3.63) is 46.3 Å². The minimum atomic E-state index is 0.0739. The molecule has 2 rings (SSSR count). The number of hydrogen-bond donors (Lipinski definition) is 1. The van der Waals surface area contributed by atoms with Crippen LogP contribution >= 0.6 is 11.3 Å². The van der Waals surface area contributed by atoms with Crippen LogP contribution in [-0.2, 0) is 17.8 Å². The van der Waals surface area contributed by atoms with E-state index in [0.29, 0.717) is 13.0 Å². The molecule has 1 N–H and O–H groups in total. The van der Waals surface area contributed by atoms with Crippen molar-refractivity contribution in [2.45, 2.75) is 19.4 Å². The molecule has 2 aromatic rings. The van der Waals surface area contributed by atoms with E-state index in [9.17, 15) is 4.79 Å². The molecule has 0 spiro atoms. The third-order valence-electron chi connectivity index (χ3n) is 2.99. The highest BCUT2D eigenvalue weighted by atomic mass is 32.1. The standard InChI is InChI=1S/C15H19N3OS/c1-18(2)15-13(4-3-8-16-15)10-17-14(19)6-5-12-7-9-20-11-12/h3-4,7-9,11H,5-6,10H2,1-2H3,(H,17,19). The first-order valence-corrected chi connectivity index (χ1v) is 7.50. The fourth-order valence-electron chi connectivity index (χ4n) is 1.95. The van der Waals surface area contributed by atoms with Crippen LogP contribution in [0.1, 0.15) is 17.5 Å². The molecule has 2 aromatic heterocycles. The van der Waals surface area contributed by atoms with Gasteiger partial charge < -0.3 is 10.2 Å². The molecule has 20 heavy (non-hydrogen) atoms. The minimum absolute atomic E-state index is 0.0739. The molecule has 0 aliphatic carbocycles. The average Bonchev–Trinajstić information content (AvgIpc) is 2.96. The molecule has 0 saturated carbocycles. The van der Waals surface area contributed by atoms with Gasteiger partial charge in [-0.15, -0.1) is 0 Å². The van der Waals surface area contributed by atoms with Crippen LogP contribution in [0.3, 0.4) is 0 Å². The zero-order valence-electron chi connectivity index (χ0n) is 11.8. The van der Waals surface area contributed by atoms with Gasteiger partial charge in [-0.3, -0.25) is 4.79 Å². The Morgan fingerprint density at radius 1 is 1.40 bits per heavy atom. The smallest absolute Gasteiger partial charge is 0.220 e. The number of aromatic nitrogens is 1. The Balaban J connectivity index is 1.84. The maximum Gasteiger partial charge on any atom is 0.220 e. The number of amides is 1. The molecule has 0 aliphatic rings. The van der Waals surface area contributed by atoms with E-state index in [0.717, 1.165) is 17.8 Å². The van der Waals surface area contributed by atoms with E-state index >= 15 is 0 Å².